The van der Waals surface area contributed by atoms with Gasteiger partial charge >= 0.3 is 0 Å². The zero-order valence-electron chi connectivity index (χ0n) is 10.4. The molecule has 16 heavy (non-hydrogen) atoms. The Balaban J connectivity index is 3.64. The number of hydrogen-bond acceptors (Lipinski definition) is 4. The summed E-state index contributed by atoms with van der Waals surface area (Å²) in [7, 11) is 3.24. The molecule has 0 aliphatic heterocycles. The number of aliphatic hydroxyl groups is 1. The summed E-state index contributed by atoms with van der Waals surface area (Å²) in [5.41, 5.74) is 0. The van der Waals surface area contributed by atoms with E-state index < -0.39 is 6.10 Å². The standard InChI is InChI=1S/C11H23NO3S/c1-4-5-6-16-9-11(14)12(2)7-10(13)8-15-3/h10,13H,4-9H2,1-3H3. The van der Waals surface area contributed by atoms with Crippen LogP contribution in [0.5, 0.6) is 0 Å². The Bertz CT molecular complexity index is 190. The second-order valence-electron chi connectivity index (χ2n) is 3.79. The molecule has 0 saturated carbocycles. The Labute approximate surface area is 102 Å². The van der Waals surface area contributed by atoms with Gasteiger partial charge in [-0.2, -0.15) is 11.8 Å². The molecule has 5 heteroatoms. The van der Waals surface area contributed by atoms with Gasteiger partial charge in [-0.25, -0.2) is 0 Å². The summed E-state index contributed by atoms with van der Waals surface area (Å²) in [5, 5.41) is 9.45. The number of carbonyl (C=O) groups excluding carboxylic acids is 1. The average molecular weight is 249 g/mol. The predicted molar refractivity (Wildman–Crippen MR) is 67.8 cm³/mol. The van der Waals surface area contributed by atoms with Crippen molar-refractivity contribution in [1.29, 1.82) is 0 Å². The maximum absolute atomic E-state index is 11.6. The van der Waals surface area contributed by atoms with Crippen molar-refractivity contribution in [2.45, 2.75) is 25.9 Å². The van der Waals surface area contributed by atoms with E-state index >= 15 is 0 Å². The van der Waals surface area contributed by atoms with E-state index in [-0.39, 0.29) is 12.5 Å². The van der Waals surface area contributed by atoms with Crippen LogP contribution in [0.1, 0.15) is 19.8 Å². The third kappa shape index (κ3) is 7.96. The monoisotopic (exact) mass is 249 g/mol. The number of amides is 1. The molecule has 1 atom stereocenters. The van der Waals surface area contributed by atoms with Gasteiger partial charge in [0.2, 0.25) is 5.91 Å². The summed E-state index contributed by atoms with van der Waals surface area (Å²) in [6.45, 7) is 2.73. The number of carbonyl (C=O) groups is 1. The number of thioether (sulfide) groups is 1. The number of unbranched alkanes of at least 4 members (excludes halogenated alkanes) is 1. The van der Waals surface area contributed by atoms with Crippen LogP contribution in [0, 0.1) is 0 Å². The zero-order valence-corrected chi connectivity index (χ0v) is 11.3. The van der Waals surface area contributed by atoms with Gasteiger partial charge in [0, 0.05) is 20.7 Å². The molecule has 96 valence electrons. The van der Waals surface area contributed by atoms with E-state index in [9.17, 15) is 9.90 Å². The molecule has 0 heterocycles. The predicted octanol–water partition coefficient (Wildman–Crippen LogP) is 0.985. The van der Waals surface area contributed by atoms with Gasteiger partial charge in [-0.1, -0.05) is 13.3 Å². The maximum Gasteiger partial charge on any atom is 0.232 e. The van der Waals surface area contributed by atoms with Crippen LogP contribution in [0.3, 0.4) is 0 Å². The van der Waals surface area contributed by atoms with E-state index in [1.165, 1.54) is 7.11 Å². The van der Waals surface area contributed by atoms with Crippen molar-refractivity contribution in [3.05, 3.63) is 0 Å². The molecule has 0 aromatic carbocycles. The van der Waals surface area contributed by atoms with Crippen molar-refractivity contribution in [3.8, 4) is 0 Å². The number of ether oxygens (including phenoxy) is 1. The first kappa shape index (κ1) is 15.7. The first-order chi connectivity index (χ1) is 7.61. The molecule has 0 spiro atoms. The summed E-state index contributed by atoms with van der Waals surface area (Å²) in [5.74, 6) is 1.59. The highest BCUT2D eigenvalue weighted by molar-refractivity contribution is 7.99. The van der Waals surface area contributed by atoms with Crippen LogP contribution in [0.25, 0.3) is 0 Å². The Hall–Kier alpha value is -0.260. The van der Waals surface area contributed by atoms with E-state index in [1.54, 1.807) is 23.7 Å². The second-order valence-corrected chi connectivity index (χ2v) is 4.89. The Kier molecular flexibility index (Phi) is 9.77. The molecule has 1 N–H and O–H groups in total. The van der Waals surface area contributed by atoms with Gasteiger partial charge in [0.25, 0.3) is 0 Å². The lowest BCUT2D eigenvalue weighted by Gasteiger charge is -2.20. The van der Waals surface area contributed by atoms with Crippen LogP contribution in [0.4, 0.5) is 0 Å². The van der Waals surface area contributed by atoms with Crippen LogP contribution < -0.4 is 0 Å². The molecule has 4 nitrogen and oxygen atoms in total. The molecule has 1 amide bonds. The van der Waals surface area contributed by atoms with E-state index in [4.69, 9.17) is 4.74 Å². The SMILES string of the molecule is CCCCSCC(=O)N(C)CC(O)COC. The lowest BCUT2D eigenvalue weighted by Crippen LogP contribution is -2.37. The summed E-state index contributed by atoms with van der Waals surface area (Å²) in [6.07, 6.45) is 1.71. The maximum atomic E-state index is 11.6. The summed E-state index contributed by atoms with van der Waals surface area (Å²) < 4.78 is 4.80. The second kappa shape index (κ2) is 9.93. The van der Waals surface area contributed by atoms with Crippen molar-refractivity contribution in [3.63, 3.8) is 0 Å². The first-order valence-corrected chi connectivity index (χ1v) is 6.76. The topological polar surface area (TPSA) is 49.8 Å². The summed E-state index contributed by atoms with van der Waals surface area (Å²) >= 11 is 1.65. The highest BCUT2D eigenvalue weighted by Crippen LogP contribution is 2.05. The molecule has 0 radical (unpaired) electrons. The zero-order chi connectivity index (χ0) is 12.4. The lowest BCUT2D eigenvalue weighted by atomic mass is 10.3. The van der Waals surface area contributed by atoms with Crippen LogP contribution in [-0.4, -0.2) is 60.8 Å². The lowest BCUT2D eigenvalue weighted by molar-refractivity contribution is -0.128. The van der Waals surface area contributed by atoms with E-state index in [0.717, 1.165) is 18.6 Å². The molecule has 0 saturated heterocycles. The molecule has 0 fully saturated rings. The highest BCUT2D eigenvalue weighted by atomic mass is 32.2. The minimum atomic E-state index is -0.598. The van der Waals surface area contributed by atoms with Crippen molar-refractivity contribution in [2.24, 2.45) is 0 Å². The molecular formula is C11H23NO3S. The number of aliphatic hydroxyl groups excluding tert-OH is 1. The number of methoxy groups -OCH3 is 1. The number of nitrogens with zero attached hydrogens (tertiary/aromatic N) is 1. The quantitative estimate of drug-likeness (QED) is 0.619. The van der Waals surface area contributed by atoms with Crippen LogP contribution in [-0.2, 0) is 9.53 Å². The van der Waals surface area contributed by atoms with E-state index in [2.05, 4.69) is 6.92 Å². The number of rotatable bonds is 9. The fourth-order valence-corrected chi connectivity index (χ4v) is 2.21. The number of likely N-dealkylation sites (N-methyl/N-ethyl adjacent to an activating group) is 1. The van der Waals surface area contributed by atoms with Crippen molar-refractivity contribution >= 4 is 17.7 Å². The fraction of sp³-hybridized carbons (Fsp3) is 0.909. The summed E-state index contributed by atoms with van der Waals surface area (Å²) in [6, 6.07) is 0. The first-order valence-electron chi connectivity index (χ1n) is 5.60. The van der Waals surface area contributed by atoms with Gasteiger partial charge in [0.1, 0.15) is 0 Å². The molecule has 0 rings (SSSR count). The van der Waals surface area contributed by atoms with Gasteiger partial charge in [0.05, 0.1) is 18.5 Å². The molecule has 0 aliphatic carbocycles. The van der Waals surface area contributed by atoms with Gasteiger partial charge in [-0.3, -0.25) is 4.79 Å². The largest absolute Gasteiger partial charge is 0.389 e. The van der Waals surface area contributed by atoms with Gasteiger partial charge in [0.15, 0.2) is 0 Å². The molecular weight excluding hydrogens is 226 g/mol. The van der Waals surface area contributed by atoms with Crippen molar-refractivity contribution in [2.75, 3.05) is 38.8 Å². The average Bonchev–Trinajstić information content (AvgIpc) is 2.24. The van der Waals surface area contributed by atoms with Gasteiger partial charge in [-0.15, -0.1) is 0 Å². The normalized spacial score (nSPS) is 12.5. The Morgan fingerprint density at radius 3 is 2.81 bits per heavy atom. The van der Waals surface area contributed by atoms with Crippen molar-refractivity contribution in [1.82, 2.24) is 4.90 Å². The molecule has 0 aromatic rings. The summed E-state index contributed by atoms with van der Waals surface area (Å²) in [4.78, 5) is 13.2. The van der Waals surface area contributed by atoms with Crippen LogP contribution >= 0.6 is 11.8 Å². The smallest absolute Gasteiger partial charge is 0.232 e. The van der Waals surface area contributed by atoms with E-state index in [1.807, 2.05) is 0 Å². The minimum Gasteiger partial charge on any atom is -0.389 e. The Morgan fingerprint density at radius 1 is 1.56 bits per heavy atom. The third-order valence-electron chi connectivity index (χ3n) is 2.14. The van der Waals surface area contributed by atoms with E-state index in [0.29, 0.717) is 12.3 Å². The van der Waals surface area contributed by atoms with Gasteiger partial charge < -0.3 is 14.7 Å². The fourth-order valence-electron chi connectivity index (χ4n) is 1.18. The van der Waals surface area contributed by atoms with Crippen LogP contribution in [0.15, 0.2) is 0 Å². The molecule has 0 bridgehead atoms. The molecule has 0 aliphatic rings. The van der Waals surface area contributed by atoms with Crippen LogP contribution in [0.2, 0.25) is 0 Å². The van der Waals surface area contributed by atoms with Gasteiger partial charge in [-0.05, 0) is 12.2 Å². The molecule has 1 unspecified atom stereocenters. The third-order valence-corrected chi connectivity index (χ3v) is 3.17. The van der Waals surface area contributed by atoms with Crippen molar-refractivity contribution < 1.29 is 14.6 Å². The number of hydrogen-bond donors (Lipinski definition) is 1. The minimum absolute atomic E-state index is 0.0660. The highest BCUT2D eigenvalue weighted by Gasteiger charge is 2.13. The Morgan fingerprint density at radius 2 is 2.25 bits per heavy atom. The molecule has 0 aromatic heterocycles.